The maximum Gasteiger partial charge on any atom is 0.239 e. The predicted octanol–water partition coefficient (Wildman–Crippen LogP) is 3.10. The molecule has 0 radical (unpaired) electrons. The molecule has 0 saturated carbocycles. The number of pyridine rings is 1. The van der Waals surface area contributed by atoms with Crippen molar-refractivity contribution < 1.29 is 19.0 Å². The van der Waals surface area contributed by atoms with Crippen LogP contribution in [0.3, 0.4) is 0 Å². The first-order chi connectivity index (χ1) is 13.2. The number of anilines is 1. The van der Waals surface area contributed by atoms with Crippen LogP contribution in [0.5, 0.6) is 0 Å². The maximum absolute atomic E-state index is 12.2. The van der Waals surface area contributed by atoms with Gasteiger partial charge in [0, 0.05) is 29.4 Å². The number of quaternary nitrogens is 1. The highest BCUT2D eigenvalue weighted by Crippen LogP contribution is 2.31. The SMILES string of the molecule is C[N+](C)(C)CC(=O)P(O)c1ccc(NC(=O)CCSSc2ccccn2)cc1. The van der Waals surface area contributed by atoms with Gasteiger partial charge in [-0.3, -0.25) is 9.59 Å². The number of aromatic nitrogens is 1. The molecule has 0 spiro atoms. The molecule has 2 aromatic rings. The summed E-state index contributed by atoms with van der Waals surface area (Å²) in [5.41, 5.74) is 0.486. The van der Waals surface area contributed by atoms with Gasteiger partial charge in [0.1, 0.15) is 19.7 Å². The van der Waals surface area contributed by atoms with Crippen molar-refractivity contribution in [2.24, 2.45) is 0 Å². The predicted molar refractivity (Wildman–Crippen MR) is 119 cm³/mol. The average molecular weight is 439 g/mol. The Balaban J connectivity index is 1.76. The normalized spacial score (nSPS) is 12.4. The average Bonchev–Trinajstić information content (AvgIpc) is 2.65. The Hall–Kier alpha value is -1.44. The van der Waals surface area contributed by atoms with Gasteiger partial charge in [0.15, 0.2) is 0 Å². The van der Waals surface area contributed by atoms with Crippen molar-refractivity contribution in [3.05, 3.63) is 48.7 Å². The molecular formula is C19H25N3O3PS2+. The summed E-state index contributed by atoms with van der Waals surface area (Å²) in [7, 11) is 7.01. The summed E-state index contributed by atoms with van der Waals surface area (Å²) in [6, 6.07) is 12.6. The van der Waals surface area contributed by atoms with Crippen molar-refractivity contribution in [2.75, 3.05) is 38.8 Å². The van der Waals surface area contributed by atoms with Crippen LogP contribution in [0.1, 0.15) is 6.42 Å². The minimum atomic E-state index is -1.85. The molecule has 28 heavy (non-hydrogen) atoms. The molecule has 9 heteroatoms. The van der Waals surface area contributed by atoms with Crippen LogP contribution in [-0.4, -0.2) is 59.2 Å². The lowest BCUT2D eigenvalue weighted by Crippen LogP contribution is -2.39. The standard InChI is InChI=1S/C19H24N3O3PS2/c1-22(2,3)14-19(24)26(25)16-9-7-15(8-10-16)21-17(23)11-13-27-28-18-6-4-5-12-20-18/h4-10,12,25H,11,13-14H2,1-3H3/p+1. The molecule has 2 N–H and O–H groups in total. The molecule has 0 aliphatic rings. The van der Waals surface area contributed by atoms with Gasteiger partial charge in [-0.25, -0.2) is 4.98 Å². The molecule has 1 heterocycles. The molecule has 6 nitrogen and oxygen atoms in total. The molecule has 0 saturated heterocycles. The number of amides is 1. The second-order valence-corrected chi connectivity index (χ2v) is 11.1. The van der Waals surface area contributed by atoms with Crippen molar-refractivity contribution in [2.45, 2.75) is 11.4 Å². The van der Waals surface area contributed by atoms with Gasteiger partial charge < -0.3 is 14.7 Å². The molecule has 1 aromatic heterocycles. The summed E-state index contributed by atoms with van der Waals surface area (Å²) in [6.45, 7) is 0.273. The minimum absolute atomic E-state index is 0.0748. The van der Waals surface area contributed by atoms with Crippen LogP contribution in [0.4, 0.5) is 5.69 Å². The van der Waals surface area contributed by atoms with E-state index in [2.05, 4.69) is 10.3 Å². The molecule has 0 aliphatic carbocycles. The zero-order valence-corrected chi connectivity index (χ0v) is 18.7. The highest BCUT2D eigenvalue weighted by atomic mass is 33.1. The van der Waals surface area contributed by atoms with Crippen LogP contribution in [0, 0.1) is 0 Å². The van der Waals surface area contributed by atoms with E-state index in [9.17, 15) is 14.5 Å². The smallest absolute Gasteiger partial charge is 0.239 e. The van der Waals surface area contributed by atoms with Crippen LogP contribution in [-0.2, 0) is 9.59 Å². The third kappa shape index (κ3) is 8.29. The number of rotatable bonds is 10. The number of carbonyl (C=O) groups excluding carboxylic acids is 2. The summed E-state index contributed by atoms with van der Waals surface area (Å²) in [5, 5.41) is 4.35. The van der Waals surface area contributed by atoms with Gasteiger partial charge in [0.05, 0.1) is 21.1 Å². The van der Waals surface area contributed by atoms with E-state index < -0.39 is 8.15 Å². The van der Waals surface area contributed by atoms with Crippen molar-refractivity contribution in [3.63, 3.8) is 0 Å². The van der Waals surface area contributed by atoms with E-state index in [1.54, 1.807) is 52.1 Å². The van der Waals surface area contributed by atoms with Gasteiger partial charge in [0.25, 0.3) is 0 Å². The molecule has 0 fully saturated rings. The van der Waals surface area contributed by atoms with Gasteiger partial charge >= 0.3 is 0 Å². The number of hydrogen-bond acceptors (Lipinski definition) is 6. The molecule has 0 bridgehead atoms. The van der Waals surface area contributed by atoms with Gasteiger partial charge in [-0.15, -0.1) is 0 Å². The van der Waals surface area contributed by atoms with Gasteiger partial charge in [-0.05, 0) is 47.2 Å². The summed E-state index contributed by atoms with van der Waals surface area (Å²) in [4.78, 5) is 38.7. The third-order valence-corrected chi connectivity index (χ3v) is 7.10. The quantitative estimate of drug-likeness (QED) is 0.257. The molecule has 150 valence electrons. The van der Waals surface area contributed by atoms with Crippen molar-refractivity contribution >= 4 is 52.2 Å². The van der Waals surface area contributed by atoms with Crippen molar-refractivity contribution in [3.8, 4) is 0 Å². The van der Waals surface area contributed by atoms with Gasteiger partial charge in [0.2, 0.25) is 11.4 Å². The second kappa shape index (κ2) is 10.9. The third-order valence-electron chi connectivity index (χ3n) is 3.44. The second-order valence-electron chi connectivity index (χ2n) is 7.07. The number of hydrogen-bond donors (Lipinski definition) is 2. The highest BCUT2D eigenvalue weighted by Gasteiger charge is 2.24. The summed E-state index contributed by atoms with van der Waals surface area (Å²) in [5.74, 6) is 0.598. The van der Waals surface area contributed by atoms with E-state index in [1.807, 2.05) is 39.3 Å². The first-order valence-corrected chi connectivity index (χ1v) is 12.3. The fraction of sp³-hybridized carbons (Fsp3) is 0.316. The minimum Gasteiger partial charge on any atom is -0.362 e. The molecule has 1 aromatic carbocycles. The maximum atomic E-state index is 12.2. The number of nitrogens with one attached hydrogen (secondary N) is 1. The number of carbonyl (C=O) groups is 2. The summed E-state index contributed by atoms with van der Waals surface area (Å²) < 4.78 is 0.475. The highest BCUT2D eigenvalue weighted by molar-refractivity contribution is 8.76. The zero-order chi connectivity index (χ0) is 20.6. The Labute approximate surface area is 174 Å². The molecular weight excluding hydrogens is 413 g/mol. The zero-order valence-electron chi connectivity index (χ0n) is 16.2. The first-order valence-electron chi connectivity index (χ1n) is 8.67. The van der Waals surface area contributed by atoms with Crippen molar-refractivity contribution in [1.82, 2.24) is 4.98 Å². The van der Waals surface area contributed by atoms with E-state index in [-0.39, 0.29) is 18.0 Å². The van der Waals surface area contributed by atoms with E-state index in [4.69, 9.17) is 0 Å². The van der Waals surface area contributed by atoms with Gasteiger partial charge in [-0.1, -0.05) is 16.9 Å². The fourth-order valence-corrected chi connectivity index (χ4v) is 5.31. The number of likely N-dealkylation sites (N-methyl/N-ethyl adjacent to an activating group) is 1. The largest absolute Gasteiger partial charge is 0.362 e. The van der Waals surface area contributed by atoms with Crippen LogP contribution < -0.4 is 10.6 Å². The summed E-state index contributed by atoms with van der Waals surface area (Å²) >= 11 is 0. The van der Waals surface area contributed by atoms with E-state index in [0.29, 0.717) is 27.6 Å². The van der Waals surface area contributed by atoms with Gasteiger partial charge in [-0.2, -0.15) is 0 Å². The topological polar surface area (TPSA) is 79.3 Å². The Kier molecular flexibility index (Phi) is 8.92. The number of benzene rings is 1. The fourth-order valence-electron chi connectivity index (χ4n) is 2.16. The van der Waals surface area contributed by atoms with E-state index in [0.717, 1.165) is 5.03 Å². The Morgan fingerprint density at radius 1 is 1.14 bits per heavy atom. The monoisotopic (exact) mass is 438 g/mol. The number of nitrogens with zero attached hydrogens (tertiary/aromatic N) is 2. The molecule has 1 unspecified atom stereocenters. The molecule has 2 rings (SSSR count). The van der Waals surface area contributed by atoms with E-state index in [1.165, 1.54) is 0 Å². The van der Waals surface area contributed by atoms with Crippen molar-refractivity contribution in [1.29, 1.82) is 0 Å². The molecule has 1 atom stereocenters. The molecule has 0 aliphatic heterocycles. The van der Waals surface area contributed by atoms with Crippen LogP contribution in [0.2, 0.25) is 0 Å². The Bertz CT molecular complexity index is 783. The van der Waals surface area contributed by atoms with Crippen LogP contribution in [0.25, 0.3) is 0 Å². The van der Waals surface area contributed by atoms with Crippen LogP contribution in [0.15, 0.2) is 53.7 Å². The van der Waals surface area contributed by atoms with Crippen LogP contribution >= 0.6 is 29.7 Å². The molecule has 1 amide bonds. The lowest BCUT2D eigenvalue weighted by Gasteiger charge is -2.24. The Morgan fingerprint density at radius 2 is 1.86 bits per heavy atom. The first kappa shape index (κ1) is 22.8. The lowest BCUT2D eigenvalue weighted by molar-refractivity contribution is -0.861. The summed E-state index contributed by atoms with van der Waals surface area (Å²) in [6.07, 6.45) is 2.13. The lowest BCUT2D eigenvalue weighted by atomic mass is 10.3. The Morgan fingerprint density at radius 3 is 2.46 bits per heavy atom. The van der Waals surface area contributed by atoms with E-state index >= 15 is 0 Å².